The fraction of sp³-hybridized carbons (Fsp3) is 0.241. The molecule has 5 aromatic rings. The average Bonchev–Trinajstić information content (AvgIpc) is 3.63. The van der Waals surface area contributed by atoms with E-state index in [0.29, 0.717) is 12.4 Å². The van der Waals surface area contributed by atoms with E-state index in [4.69, 9.17) is 10.1 Å². The van der Waals surface area contributed by atoms with Crippen LogP contribution in [0.3, 0.4) is 0 Å². The van der Waals surface area contributed by atoms with Crippen LogP contribution in [0.25, 0.3) is 33.9 Å². The van der Waals surface area contributed by atoms with Crippen molar-refractivity contribution in [1.29, 1.82) is 0 Å². The largest absolute Gasteiger partial charge is 0.481 e. The van der Waals surface area contributed by atoms with Crippen molar-refractivity contribution in [2.24, 2.45) is 0 Å². The number of aromatic amines is 1. The third-order valence-corrected chi connectivity index (χ3v) is 6.62. The van der Waals surface area contributed by atoms with Crippen LogP contribution in [0.2, 0.25) is 0 Å². The van der Waals surface area contributed by atoms with Gasteiger partial charge in [0.05, 0.1) is 12.5 Å². The van der Waals surface area contributed by atoms with Gasteiger partial charge in [-0.25, -0.2) is 9.67 Å². The van der Waals surface area contributed by atoms with Crippen molar-refractivity contribution in [3.8, 4) is 33.9 Å². The zero-order chi connectivity index (χ0) is 26.5. The molecule has 3 aromatic carbocycles. The first-order valence-electron chi connectivity index (χ1n) is 12.7. The summed E-state index contributed by atoms with van der Waals surface area (Å²) in [5.74, 6) is 0.741. The summed E-state index contributed by atoms with van der Waals surface area (Å²) in [6.45, 7) is 4.40. The molecule has 1 unspecified atom stereocenters. The molecule has 1 atom stereocenters. The predicted octanol–water partition coefficient (Wildman–Crippen LogP) is 5.37. The van der Waals surface area contributed by atoms with Gasteiger partial charge in [-0.05, 0) is 40.8 Å². The molecule has 0 fully saturated rings. The molecule has 0 amide bonds. The summed E-state index contributed by atoms with van der Waals surface area (Å²) in [5.41, 5.74) is 5.76. The lowest BCUT2D eigenvalue weighted by Gasteiger charge is -2.10. The first-order chi connectivity index (χ1) is 18.5. The van der Waals surface area contributed by atoms with Crippen LogP contribution >= 0.6 is 0 Å². The van der Waals surface area contributed by atoms with Gasteiger partial charge in [-0.15, -0.1) is 10.2 Å². The highest BCUT2D eigenvalue weighted by Gasteiger charge is 2.17. The van der Waals surface area contributed by atoms with Crippen LogP contribution in [-0.2, 0) is 17.8 Å². The Bertz CT molecular complexity index is 1510. The number of aromatic nitrogens is 7. The van der Waals surface area contributed by atoms with Crippen LogP contribution in [-0.4, -0.2) is 46.5 Å². The van der Waals surface area contributed by atoms with Gasteiger partial charge in [0.15, 0.2) is 11.6 Å². The second-order valence-corrected chi connectivity index (χ2v) is 9.27. The molecule has 0 saturated carbocycles. The lowest BCUT2D eigenvalue weighted by molar-refractivity contribution is -0.138. The number of unbranched alkanes of at least 4 members (excludes halogenated alkanes) is 1. The molecule has 0 aliphatic carbocycles. The summed E-state index contributed by atoms with van der Waals surface area (Å²) < 4.78 is 1.93. The quantitative estimate of drug-likeness (QED) is 0.260. The summed E-state index contributed by atoms with van der Waals surface area (Å²) in [4.78, 5) is 16.2. The number of hydrogen-bond acceptors (Lipinski definition) is 6. The third kappa shape index (κ3) is 5.36. The van der Waals surface area contributed by atoms with E-state index in [-0.39, 0.29) is 0 Å². The minimum absolute atomic E-state index is 0.556. The standard InChI is InChI=1S/C29H29N7O2/c1-3-4-9-26-30-28(23-16-14-21(15-17-23)19(2)29(37)38)36(33-26)18-20-10-12-22(13-11-20)24-7-5-6-8-25(24)27-31-34-35-32-27/h5-8,10-17,19H,3-4,9,18H2,1-2H3,(H,37,38)(H,31,32,34,35). The maximum absolute atomic E-state index is 11.4. The highest BCUT2D eigenvalue weighted by Crippen LogP contribution is 2.30. The van der Waals surface area contributed by atoms with Gasteiger partial charge >= 0.3 is 5.97 Å². The van der Waals surface area contributed by atoms with Gasteiger partial charge in [0.25, 0.3) is 0 Å². The van der Waals surface area contributed by atoms with Gasteiger partial charge in [-0.3, -0.25) is 4.79 Å². The second kappa shape index (κ2) is 11.2. The molecule has 0 aliphatic rings. The van der Waals surface area contributed by atoms with E-state index in [1.165, 1.54) is 0 Å². The lowest BCUT2D eigenvalue weighted by Crippen LogP contribution is -2.07. The number of aryl methyl sites for hydroxylation is 1. The number of nitrogens with zero attached hydrogens (tertiary/aromatic N) is 6. The summed E-state index contributed by atoms with van der Waals surface area (Å²) in [6.07, 6.45) is 2.90. The Morgan fingerprint density at radius 3 is 2.34 bits per heavy atom. The van der Waals surface area contributed by atoms with E-state index in [9.17, 15) is 9.90 Å². The molecule has 192 valence electrons. The zero-order valence-electron chi connectivity index (χ0n) is 21.4. The van der Waals surface area contributed by atoms with Crippen molar-refractivity contribution < 1.29 is 9.90 Å². The van der Waals surface area contributed by atoms with Crippen LogP contribution in [0.4, 0.5) is 0 Å². The molecule has 0 saturated heterocycles. The van der Waals surface area contributed by atoms with Gasteiger partial charge in [-0.1, -0.05) is 86.1 Å². The van der Waals surface area contributed by atoms with Crippen molar-refractivity contribution in [1.82, 2.24) is 35.4 Å². The van der Waals surface area contributed by atoms with Crippen LogP contribution in [0, 0.1) is 0 Å². The fourth-order valence-corrected chi connectivity index (χ4v) is 4.39. The number of rotatable bonds is 10. The molecular weight excluding hydrogens is 478 g/mol. The average molecular weight is 508 g/mol. The van der Waals surface area contributed by atoms with Crippen molar-refractivity contribution in [3.05, 3.63) is 89.7 Å². The normalized spacial score (nSPS) is 11.9. The Morgan fingerprint density at radius 2 is 1.68 bits per heavy atom. The summed E-state index contributed by atoms with van der Waals surface area (Å²) >= 11 is 0. The number of carbonyl (C=O) groups is 1. The highest BCUT2D eigenvalue weighted by atomic mass is 16.4. The predicted molar refractivity (Wildman–Crippen MR) is 144 cm³/mol. The van der Waals surface area contributed by atoms with Crippen molar-refractivity contribution in [2.45, 2.75) is 45.6 Å². The Labute approximate surface area is 220 Å². The zero-order valence-corrected chi connectivity index (χ0v) is 21.4. The van der Waals surface area contributed by atoms with E-state index in [1.54, 1.807) is 6.92 Å². The number of hydrogen-bond donors (Lipinski definition) is 2. The van der Waals surface area contributed by atoms with Gasteiger partial charge in [0, 0.05) is 17.5 Å². The van der Waals surface area contributed by atoms with Gasteiger partial charge in [-0.2, -0.15) is 10.3 Å². The molecule has 0 aliphatic heterocycles. The summed E-state index contributed by atoms with van der Waals surface area (Å²) in [7, 11) is 0. The molecule has 38 heavy (non-hydrogen) atoms. The number of H-pyrrole nitrogens is 1. The van der Waals surface area contributed by atoms with Crippen molar-refractivity contribution >= 4 is 5.97 Å². The van der Waals surface area contributed by atoms with Gasteiger partial charge < -0.3 is 5.11 Å². The molecule has 9 nitrogen and oxygen atoms in total. The van der Waals surface area contributed by atoms with E-state index >= 15 is 0 Å². The maximum Gasteiger partial charge on any atom is 0.310 e. The number of nitrogens with one attached hydrogen (secondary N) is 1. The third-order valence-electron chi connectivity index (χ3n) is 6.62. The molecule has 0 bridgehead atoms. The molecular formula is C29H29N7O2. The molecule has 2 aromatic heterocycles. The van der Waals surface area contributed by atoms with E-state index in [1.807, 2.05) is 53.2 Å². The summed E-state index contributed by atoms with van der Waals surface area (Å²) in [5, 5.41) is 28.6. The SMILES string of the molecule is CCCCc1nc(-c2ccc(C(C)C(=O)O)cc2)n(Cc2ccc(-c3ccccc3-c3nn[nH]n3)cc2)n1. The molecule has 9 heteroatoms. The lowest BCUT2D eigenvalue weighted by atomic mass is 9.98. The Hall–Kier alpha value is -4.66. The van der Waals surface area contributed by atoms with Crippen molar-refractivity contribution in [3.63, 3.8) is 0 Å². The number of aliphatic carboxylic acids is 1. The first kappa shape index (κ1) is 25.0. The molecule has 5 rings (SSSR count). The Morgan fingerprint density at radius 1 is 0.974 bits per heavy atom. The Kier molecular flexibility index (Phi) is 7.35. The second-order valence-electron chi connectivity index (χ2n) is 9.27. The topological polar surface area (TPSA) is 122 Å². The number of carboxylic acids is 1. The Balaban J connectivity index is 1.42. The first-order valence-corrected chi connectivity index (χ1v) is 12.7. The van der Waals surface area contributed by atoms with Gasteiger partial charge in [0.2, 0.25) is 5.82 Å². The number of tetrazole rings is 1. The summed E-state index contributed by atoms with van der Waals surface area (Å²) in [6, 6.07) is 23.9. The smallest absolute Gasteiger partial charge is 0.310 e. The van der Waals surface area contributed by atoms with Crippen LogP contribution in [0.15, 0.2) is 72.8 Å². The molecule has 2 heterocycles. The maximum atomic E-state index is 11.4. The number of benzene rings is 3. The minimum atomic E-state index is -0.842. The molecule has 0 spiro atoms. The van der Waals surface area contributed by atoms with Crippen molar-refractivity contribution in [2.75, 3.05) is 0 Å². The van der Waals surface area contributed by atoms with Crippen LogP contribution in [0.1, 0.15) is 49.6 Å². The molecule has 2 N–H and O–H groups in total. The highest BCUT2D eigenvalue weighted by molar-refractivity contribution is 5.80. The molecule has 0 radical (unpaired) electrons. The minimum Gasteiger partial charge on any atom is -0.481 e. The monoisotopic (exact) mass is 507 g/mol. The van der Waals surface area contributed by atoms with Gasteiger partial charge in [0.1, 0.15) is 0 Å². The van der Waals surface area contributed by atoms with Crippen LogP contribution in [0.5, 0.6) is 0 Å². The number of carboxylic acid groups (broad SMARTS) is 1. The fourth-order valence-electron chi connectivity index (χ4n) is 4.39. The van der Waals surface area contributed by atoms with E-state index < -0.39 is 11.9 Å². The van der Waals surface area contributed by atoms with E-state index in [2.05, 4.69) is 51.8 Å². The van der Waals surface area contributed by atoms with Crippen LogP contribution < -0.4 is 0 Å². The van der Waals surface area contributed by atoms with E-state index in [0.717, 1.165) is 64.3 Å².